The van der Waals surface area contributed by atoms with Crippen LogP contribution in [0, 0.1) is 5.41 Å². The Labute approximate surface area is 158 Å². The van der Waals surface area contributed by atoms with Crippen LogP contribution in [0.2, 0.25) is 0 Å². The molecule has 0 heterocycles. The van der Waals surface area contributed by atoms with Crippen molar-refractivity contribution in [1.82, 2.24) is 10.6 Å². The molecule has 0 unspecified atom stereocenters. The molecule has 0 saturated carbocycles. The van der Waals surface area contributed by atoms with Crippen molar-refractivity contribution in [3.05, 3.63) is 34.6 Å². The van der Waals surface area contributed by atoms with Crippen LogP contribution in [-0.4, -0.2) is 24.1 Å². The zero-order valence-electron chi connectivity index (χ0n) is 17.2. The van der Waals surface area contributed by atoms with E-state index in [-0.39, 0.29) is 11.8 Å². The van der Waals surface area contributed by atoms with E-state index in [1.54, 1.807) is 6.08 Å². The van der Waals surface area contributed by atoms with Gasteiger partial charge in [0.05, 0.1) is 11.4 Å². The summed E-state index contributed by atoms with van der Waals surface area (Å²) in [6.45, 7) is 12.1. The molecule has 0 saturated heterocycles. The molecule has 5 nitrogen and oxygen atoms in total. The average Bonchev–Trinajstić information content (AvgIpc) is 2.60. The SMILES string of the molecule is C/C=C(/NC(=O)CCCCCNC(=O)C(C)=C(C)C=C(C)C)C(=N)CC. The van der Waals surface area contributed by atoms with Gasteiger partial charge in [0.2, 0.25) is 11.8 Å². The van der Waals surface area contributed by atoms with Crippen molar-refractivity contribution in [3.8, 4) is 0 Å². The van der Waals surface area contributed by atoms with E-state index >= 15 is 0 Å². The maximum absolute atomic E-state index is 12.1. The Hall–Kier alpha value is -2.17. The molecular formula is C21H35N3O2. The number of carbonyl (C=O) groups is 2. The van der Waals surface area contributed by atoms with Crippen molar-refractivity contribution < 1.29 is 9.59 Å². The zero-order valence-corrected chi connectivity index (χ0v) is 17.2. The van der Waals surface area contributed by atoms with Crippen LogP contribution in [0.1, 0.15) is 73.6 Å². The summed E-state index contributed by atoms with van der Waals surface area (Å²) in [5.74, 6) is -0.0926. The van der Waals surface area contributed by atoms with E-state index in [0.29, 0.717) is 30.8 Å². The lowest BCUT2D eigenvalue weighted by Crippen LogP contribution is -2.27. The highest BCUT2D eigenvalue weighted by Crippen LogP contribution is 2.08. The van der Waals surface area contributed by atoms with Gasteiger partial charge in [-0.3, -0.25) is 9.59 Å². The quantitative estimate of drug-likeness (QED) is 0.220. The number of carbonyl (C=O) groups excluding carboxylic acids is 2. The van der Waals surface area contributed by atoms with E-state index in [1.165, 1.54) is 5.57 Å². The highest BCUT2D eigenvalue weighted by Gasteiger charge is 2.08. The Morgan fingerprint density at radius 3 is 2.23 bits per heavy atom. The van der Waals surface area contributed by atoms with Crippen molar-refractivity contribution in [2.75, 3.05) is 6.54 Å². The second-order valence-electron chi connectivity index (χ2n) is 6.68. The highest BCUT2D eigenvalue weighted by atomic mass is 16.2. The Balaban J connectivity index is 4.08. The van der Waals surface area contributed by atoms with Crippen LogP contribution in [0.4, 0.5) is 0 Å². The smallest absolute Gasteiger partial charge is 0.247 e. The normalized spacial score (nSPS) is 12.2. The molecule has 0 aliphatic rings. The summed E-state index contributed by atoms with van der Waals surface area (Å²) in [6, 6.07) is 0. The van der Waals surface area contributed by atoms with E-state index in [2.05, 4.69) is 10.6 Å². The number of hydrogen-bond acceptors (Lipinski definition) is 3. The Morgan fingerprint density at radius 1 is 1.04 bits per heavy atom. The van der Waals surface area contributed by atoms with Crippen molar-refractivity contribution in [2.45, 2.75) is 73.6 Å². The molecule has 2 amide bonds. The summed E-state index contributed by atoms with van der Waals surface area (Å²) in [5.41, 5.74) is 3.93. The van der Waals surface area contributed by atoms with Gasteiger partial charge >= 0.3 is 0 Å². The van der Waals surface area contributed by atoms with Crippen LogP contribution in [0.5, 0.6) is 0 Å². The lowest BCUT2D eigenvalue weighted by molar-refractivity contribution is -0.120. The summed E-state index contributed by atoms with van der Waals surface area (Å²) in [4.78, 5) is 24.0. The largest absolute Gasteiger partial charge is 0.352 e. The average molecular weight is 362 g/mol. The van der Waals surface area contributed by atoms with Crippen LogP contribution < -0.4 is 10.6 Å². The molecule has 3 N–H and O–H groups in total. The molecule has 26 heavy (non-hydrogen) atoms. The lowest BCUT2D eigenvalue weighted by atomic mass is 10.1. The fourth-order valence-corrected chi connectivity index (χ4v) is 2.37. The molecule has 0 radical (unpaired) electrons. The number of amides is 2. The van der Waals surface area contributed by atoms with Crippen molar-refractivity contribution in [1.29, 1.82) is 5.41 Å². The molecule has 0 aromatic heterocycles. The van der Waals surface area contributed by atoms with Gasteiger partial charge in [-0.2, -0.15) is 0 Å². The number of hydrogen-bond donors (Lipinski definition) is 3. The van der Waals surface area contributed by atoms with Gasteiger partial charge in [-0.1, -0.05) is 31.1 Å². The van der Waals surface area contributed by atoms with Crippen LogP contribution in [-0.2, 0) is 9.59 Å². The summed E-state index contributed by atoms with van der Waals surface area (Å²) in [6.07, 6.45) is 7.28. The maximum atomic E-state index is 12.1. The second-order valence-corrected chi connectivity index (χ2v) is 6.68. The first-order valence-corrected chi connectivity index (χ1v) is 9.37. The number of nitrogens with one attached hydrogen (secondary N) is 3. The summed E-state index contributed by atoms with van der Waals surface area (Å²) in [5, 5.41) is 13.5. The van der Waals surface area contributed by atoms with Crippen LogP contribution in [0.3, 0.4) is 0 Å². The van der Waals surface area contributed by atoms with Crippen LogP contribution in [0.25, 0.3) is 0 Å². The monoisotopic (exact) mass is 361 g/mol. The number of unbranched alkanes of at least 4 members (excludes halogenated alkanes) is 2. The van der Waals surface area contributed by atoms with E-state index in [9.17, 15) is 9.59 Å². The van der Waals surface area contributed by atoms with Crippen LogP contribution >= 0.6 is 0 Å². The second kappa shape index (κ2) is 13.1. The third-order valence-electron chi connectivity index (χ3n) is 4.04. The predicted octanol–water partition coefficient (Wildman–Crippen LogP) is 4.42. The fraction of sp³-hybridized carbons (Fsp3) is 0.571. The zero-order chi connectivity index (χ0) is 20.1. The first kappa shape index (κ1) is 23.8. The first-order chi connectivity index (χ1) is 12.2. The topological polar surface area (TPSA) is 82.1 Å². The van der Waals surface area contributed by atoms with Crippen molar-refractivity contribution >= 4 is 17.5 Å². The highest BCUT2D eigenvalue weighted by molar-refractivity contribution is 6.00. The third-order valence-corrected chi connectivity index (χ3v) is 4.04. The molecular weight excluding hydrogens is 326 g/mol. The minimum Gasteiger partial charge on any atom is -0.352 e. The van der Waals surface area contributed by atoms with E-state index in [1.807, 2.05) is 47.6 Å². The molecule has 146 valence electrons. The number of rotatable bonds is 11. The molecule has 0 bridgehead atoms. The Bertz CT molecular complexity index is 594. The molecule has 0 spiro atoms. The van der Waals surface area contributed by atoms with E-state index in [4.69, 9.17) is 5.41 Å². The Morgan fingerprint density at radius 2 is 1.69 bits per heavy atom. The van der Waals surface area contributed by atoms with Gasteiger partial charge in [0.15, 0.2) is 0 Å². The molecule has 0 rings (SSSR count). The molecule has 5 heteroatoms. The van der Waals surface area contributed by atoms with Gasteiger partial charge in [-0.05, 0) is 59.5 Å². The summed E-state index contributed by atoms with van der Waals surface area (Å²) < 4.78 is 0. The molecule has 0 atom stereocenters. The first-order valence-electron chi connectivity index (χ1n) is 9.37. The standard InChI is InChI=1S/C21H35N3O2/c1-7-18(22)19(8-2)24-20(25)12-10-9-11-13-23-21(26)17(6)16(5)14-15(3)4/h8,14,22H,7,9-13H2,1-6H3,(H,23,26)(H,24,25)/b17-16?,19-8+,22-18?. The summed E-state index contributed by atoms with van der Waals surface area (Å²) >= 11 is 0. The minimum atomic E-state index is -0.0588. The third kappa shape index (κ3) is 9.97. The number of allylic oxidation sites excluding steroid dienone is 5. The molecule has 0 aromatic rings. The van der Waals surface area contributed by atoms with E-state index in [0.717, 1.165) is 30.4 Å². The van der Waals surface area contributed by atoms with Crippen molar-refractivity contribution in [3.63, 3.8) is 0 Å². The van der Waals surface area contributed by atoms with Gasteiger partial charge < -0.3 is 16.0 Å². The van der Waals surface area contributed by atoms with Gasteiger partial charge in [-0.15, -0.1) is 0 Å². The van der Waals surface area contributed by atoms with E-state index < -0.39 is 0 Å². The van der Waals surface area contributed by atoms with Gasteiger partial charge in [0.1, 0.15) is 0 Å². The summed E-state index contributed by atoms with van der Waals surface area (Å²) in [7, 11) is 0. The molecule has 0 aliphatic heterocycles. The lowest BCUT2D eigenvalue weighted by Gasteiger charge is -2.10. The van der Waals surface area contributed by atoms with Gasteiger partial charge in [-0.25, -0.2) is 0 Å². The molecule has 0 aromatic carbocycles. The van der Waals surface area contributed by atoms with Crippen LogP contribution in [0.15, 0.2) is 34.6 Å². The Kier molecular flexibility index (Phi) is 12.0. The molecule has 0 fully saturated rings. The maximum Gasteiger partial charge on any atom is 0.247 e. The van der Waals surface area contributed by atoms with Crippen molar-refractivity contribution in [2.24, 2.45) is 0 Å². The predicted molar refractivity (Wildman–Crippen MR) is 109 cm³/mol. The molecule has 0 aliphatic carbocycles. The van der Waals surface area contributed by atoms with Gasteiger partial charge in [0, 0.05) is 18.5 Å². The van der Waals surface area contributed by atoms with Gasteiger partial charge in [0.25, 0.3) is 0 Å². The fourth-order valence-electron chi connectivity index (χ4n) is 2.37. The minimum absolute atomic E-state index is 0.0338.